The van der Waals surface area contributed by atoms with Gasteiger partial charge in [0.1, 0.15) is 0 Å². The van der Waals surface area contributed by atoms with Crippen molar-refractivity contribution >= 4 is 11.1 Å². The molecule has 0 aliphatic heterocycles. The molecule has 0 rings (SSSR count). The van der Waals surface area contributed by atoms with Crippen molar-refractivity contribution < 1.29 is 8.76 Å². The molecular weight excluding hydrogens is 160 g/mol. The summed E-state index contributed by atoms with van der Waals surface area (Å²) < 4.78 is 19.3. The van der Waals surface area contributed by atoms with Gasteiger partial charge in [0.15, 0.2) is 11.1 Å². The Morgan fingerprint density at radius 1 is 1.55 bits per heavy atom. The van der Waals surface area contributed by atoms with Crippen LogP contribution in [0.3, 0.4) is 0 Å². The van der Waals surface area contributed by atoms with E-state index in [2.05, 4.69) is 0 Å². The first kappa shape index (κ1) is 10.6. The quantitative estimate of drug-likeness (QED) is 0.527. The van der Waals surface area contributed by atoms with Crippen molar-refractivity contribution in [3.8, 4) is 0 Å². The first-order valence-corrected chi connectivity index (χ1v) is 4.58. The standard InChI is InChI=1S/C8H14O2S/c1-4-8(11(9)10)6-5-7(2)3/h4-5H,6H2,1-3H3,(H,9,10). The fourth-order valence-corrected chi connectivity index (χ4v) is 1.02. The van der Waals surface area contributed by atoms with E-state index in [0.29, 0.717) is 11.3 Å². The smallest absolute Gasteiger partial charge is 0.182 e. The van der Waals surface area contributed by atoms with E-state index in [1.807, 2.05) is 19.9 Å². The molecule has 0 heterocycles. The molecule has 0 bridgehead atoms. The summed E-state index contributed by atoms with van der Waals surface area (Å²) in [6.07, 6.45) is 4.18. The van der Waals surface area contributed by atoms with Gasteiger partial charge in [0, 0.05) is 11.3 Å². The average molecular weight is 174 g/mol. The van der Waals surface area contributed by atoms with E-state index in [1.54, 1.807) is 13.0 Å². The Balaban J connectivity index is 4.13. The summed E-state index contributed by atoms with van der Waals surface area (Å²) in [4.78, 5) is 0.561. The second-order valence-electron chi connectivity index (χ2n) is 2.49. The van der Waals surface area contributed by atoms with Crippen molar-refractivity contribution in [1.82, 2.24) is 0 Å². The van der Waals surface area contributed by atoms with E-state index in [9.17, 15) is 4.21 Å². The molecule has 0 spiro atoms. The average Bonchev–Trinajstić information content (AvgIpc) is 1.87. The van der Waals surface area contributed by atoms with Crippen molar-refractivity contribution in [2.75, 3.05) is 0 Å². The molecule has 11 heavy (non-hydrogen) atoms. The fourth-order valence-electron chi connectivity index (χ4n) is 0.595. The normalized spacial score (nSPS) is 14.4. The highest BCUT2D eigenvalue weighted by Gasteiger charge is 1.99. The Morgan fingerprint density at radius 2 is 2.09 bits per heavy atom. The predicted molar refractivity (Wildman–Crippen MR) is 48.6 cm³/mol. The van der Waals surface area contributed by atoms with Crippen LogP contribution in [0.2, 0.25) is 0 Å². The molecule has 0 aromatic heterocycles. The van der Waals surface area contributed by atoms with E-state index in [1.165, 1.54) is 0 Å². The van der Waals surface area contributed by atoms with Crippen LogP contribution in [0.1, 0.15) is 27.2 Å². The van der Waals surface area contributed by atoms with E-state index >= 15 is 0 Å². The van der Waals surface area contributed by atoms with Gasteiger partial charge in [-0.05, 0) is 20.8 Å². The molecule has 0 aromatic rings. The van der Waals surface area contributed by atoms with Crippen molar-refractivity contribution in [1.29, 1.82) is 0 Å². The van der Waals surface area contributed by atoms with E-state index in [0.717, 1.165) is 5.57 Å². The zero-order valence-corrected chi connectivity index (χ0v) is 7.94. The van der Waals surface area contributed by atoms with Gasteiger partial charge in [-0.25, -0.2) is 4.21 Å². The van der Waals surface area contributed by atoms with E-state index in [-0.39, 0.29) is 0 Å². The minimum absolute atomic E-state index is 0.561. The molecule has 2 nitrogen and oxygen atoms in total. The Kier molecular flexibility index (Phi) is 5.07. The predicted octanol–water partition coefficient (Wildman–Crippen LogP) is 2.47. The molecule has 0 fully saturated rings. The van der Waals surface area contributed by atoms with Gasteiger partial charge in [-0.3, -0.25) is 0 Å². The molecule has 0 saturated carbocycles. The van der Waals surface area contributed by atoms with Gasteiger partial charge in [0.05, 0.1) is 0 Å². The Bertz CT molecular complexity index is 200. The Morgan fingerprint density at radius 3 is 2.36 bits per heavy atom. The SMILES string of the molecule is CC=C(CC=C(C)C)S(=O)O. The summed E-state index contributed by atoms with van der Waals surface area (Å²) >= 11 is -1.80. The first-order valence-electron chi connectivity index (χ1n) is 3.47. The lowest BCUT2D eigenvalue weighted by Crippen LogP contribution is -1.90. The molecule has 0 aliphatic rings. The number of hydrogen-bond donors (Lipinski definition) is 1. The fraction of sp³-hybridized carbons (Fsp3) is 0.500. The molecule has 0 radical (unpaired) electrons. The molecule has 1 atom stereocenters. The van der Waals surface area contributed by atoms with Crippen LogP contribution in [0.4, 0.5) is 0 Å². The van der Waals surface area contributed by atoms with Crippen LogP contribution in [-0.4, -0.2) is 8.76 Å². The number of hydrogen-bond acceptors (Lipinski definition) is 1. The van der Waals surface area contributed by atoms with Crippen molar-refractivity contribution in [2.24, 2.45) is 0 Å². The lowest BCUT2D eigenvalue weighted by molar-refractivity contribution is 0.570. The van der Waals surface area contributed by atoms with Crippen LogP contribution >= 0.6 is 0 Å². The first-order chi connectivity index (χ1) is 5.07. The molecule has 3 heteroatoms. The van der Waals surface area contributed by atoms with Gasteiger partial charge >= 0.3 is 0 Å². The van der Waals surface area contributed by atoms with Crippen molar-refractivity contribution in [3.63, 3.8) is 0 Å². The monoisotopic (exact) mass is 174 g/mol. The third-order valence-corrected chi connectivity index (χ3v) is 2.11. The topological polar surface area (TPSA) is 37.3 Å². The van der Waals surface area contributed by atoms with E-state index < -0.39 is 11.1 Å². The summed E-state index contributed by atoms with van der Waals surface area (Å²) in [5.41, 5.74) is 1.16. The van der Waals surface area contributed by atoms with Gasteiger partial charge < -0.3 is 4.55 Å². The largest absolute Gasteiger partial charge is 0.302 e. The zero-order chi connectivity index (χ0) is 8.85. The molecule has 0 saturated heterocycles. The highest BCUT2D eigenvalue weighted by Crippen LogP contribution is 2.07. The third-order valence-electron chi connectivity index (χ3n) is 1.26. The van der Waals surface area contributed by atoms with Gasteiger partial charge in [0.25, 0.3) is 0 Å². The number of rotatable bonds is 3. The van der Waals surface area contributed by atoms with Crippen molar-refractivity contribution in [3.05, 3.63) is 22.6 Å². The van der Waals surface area contributed by atoms with Crippen LogP contribution in [0.25, 0.3) is 0 Å². The van der Waals surface area contributed by atoms with Crippen LogP contribution in [0.15, 0.2) is 22.6 Å². The molecule has 1 N–H and O–H groups in total. The maximum absolute atomic E-state index is 10.6. The second-order valence-corrected chi connectivity index (χ2v) is 3.51. The molecule has 64 valence electrons. The Hall–Kier alpha value is -0.410. The van der Waals surface area contributed by atoms with E-state index in [4.69, 9.17) is 4.55 Å². The maximum atomic E-state index is 10.6. The molecule has 0 amide bonds. The zero-order valence-electron chi connectivity index (χ0n) is 7.13. The highest BCUT2D eigenvalue weighted by molar-refractivity contribution is 7.83. The highest BCUT2D eigenvalue weighted by atomic mass is 32.2. The van der Waals surface area contributed by atoms with Gasteiger partial charge in [-0.2, -0.15) is 0 Å². The summed E-state index contributed by atoms with van der Waals surface area (Å²) in [6.45, 7) is 5.70. The minimum Gasteiger partial charge on any atom is -0.302 e. The van der Waals surface area contributed by atoms with Gasteiger partial charge in [-0.1, -0.05) is 17.7 Å². The van der Waals surface area contributed by atoms with Gasteiger partial charge in [0.2, 0.25) is 0 Å². The third kappa shape index (κ3) is 4.93. The summed E-state index contributed by atoms with van der Waals surface area (Å²) in [7, 11) is 0. The summed E-state index contributed by atoms with van der Waals surface area (Å²) in [6, 6.07) is 0. The van der Waals surface area contributed by atoms with Crippen molar-refractivity contribution in [2.45, 2.75) is 27.2 Å². The molecule has 1 unspecified atom stereocenters. The summed E-state index contributed by atoms with van der Waals surface area (Å²) in [5, 5.41) is 0. The lowest BCUT2D eigenvalue weighted by Gasteiger charge is -1.96. The van der Waals surface area contributed by atoms with Crippen LogP contribution < -0.4 is 0 Å². The maximum Gasteiger partial charge on any atom is 0.182 e. The number of allylic oxidation sites excluding steroid dienone is 4. The molecular formula is C8H14O2S. The lowest BCUT2D eigenvalue weighted by atomic mass is 10.2. The second kappa shape index (κ2) is 5.27. The minimum atomic E-state index is -1.80. The van der Waals surface area contributed by atoms with Crippen LogP contribution in [0.5, 0.6) is 0 Å². The van der Waals surface area contributed by atoms with Crippen LogP contribution in [-0.2, 0) is 11.1 Å². The van der Waals surface area contributed by atoms with Crippen LogP contribution in [0, 0.1) is 0 Å². The Labute approximate surface area is 70.3 Å². The molecule has 0 aromatic carbocycles. The van der Waals surface area contributed by atoms with Gasteiger partial charge in [-0.15, -0.1) is 0 Å². The summed E-state index contributed by atoms with van der Waals surface area (Å²) in [5.74, 6) is 0. The molecule has 0 aliphatic carbocycles.